The molecule has 0 fully saturated rings. The molecule has 1 aliphatic heterocycles. The molecule has 0 radical (unpaired) electrons. The molecule has 0 saturated heterocycles. The monoisotopic (exact) mass is 336 g/mol. The third-order valence-electron chi connectivity index (χ3n) is 3.07. The lowest BCUT2D eigenvalue weighted by atomic mass is 10.1. The molecule has 1 unspecified atom stereocenters. The van der Waals surface area contributed by atoms with E-state index in [-0.39, 0.29) is 18.5 Å². The Balaban J connectivity index is 2.43. The lowest BCUT2D eigenvalue weighted by Crippen LogP contribution is -2.50. The average Bonchev–Trinajstić information content (AvgIpc) is 2.59. The fourth-order valence-electron chi connectivity index (χ4n) is 1.95. The fraction of sp³-hybridized carbons (Fsp3) is 0.571. The maximum absolute atomic E-state index is 12.0. The smallest absolute Gasteiger partial charge is 0.321 e. The maximum Gasteiger partial charge on any atom is 0.321 e. The minimum absolute atomic E-state index is 0.122. The summed E-state index contributed by atoms with van der Waals surface area (Å²) in [5, 5.41) is 8.07. The Kier molecular flexibility index (Phi) is 9.22. The molecule has 0 aliphatic carbocycles. The predicted molar refractivity (Wildman–Crippen MR) is 85.8 cm³/mol. The summed E-state index contributed by atoms with van der Waals surface area (Å²) in [6.45, 7) is 0.894. The van der Waals surface area contributed by atoms with Gasteiger partial charge in [-0.1, -0.05) is 0 Å². The number of nitrogens with zero attached hydrogens (tertiary/aromatic N) is 3. The molecule has 10 nitrogen and oxygen atoms in total. The number of amides is 2. The van der Waals surface area contributed by atoms with Crippen LogP contribution in [0.2, 0.25) is 0 Å². The third kappa shape index (κ3) is 7.88. The van der Waals surface area contributed by atoms with Crippen LogP contribution in [0.3, 0.4) is 0 Å². The Labute approximate surface area is 139 Å². The fourth-order valence-corrected chi connectivity index (χ4v) is 1.95. The maximum atomic E-state index is 12.0. The predicted octanol–water partition coefficient (Wildman–Crippen LogP) is -0.0569. The van der Waals surface area contributed by atoms with Gasteiger partial charge in [0.05, 0.1) is 32.8 Å². The van der Waals surface area contributed by atoms with Crippen LogP contribution >= 0.6 is 0 Å². The van der Waals surface area contributed by atoms with Crippen LogP contribution in [0.1, 0.15) is 19.3 Å². The zero-order valence-electron chi connectivity index (χ0n) is 13.4. The molecule has 0 aromatic rings. The summed E-state index contributed by atoms with van der Waals surface area (Å²) in [6.07, 6.45) is 6.61. The third-order valence-corrected chi connectivity index (χ3v) is 3.07. The first-order valence-electron chi connectivity index (χ1n) is 7.40. The second kappa shape index (κ2) is 11.6. The molecule has 3 N–H and O–H groups in total. The molecule has 130 valence electrons. The standard InChI is InChI=1S/C14H20N6O4/c1-24-12-5-7-17-13(19-12)20-14(23)18-11(8-16-10-22)4-2-3-6-15-9-21/h5,11H,2-4,6-8H2,1H3,(H3,17,18,19,20,23). The number of hydrogen-bond acceptors (Lipinski definition) is 8. The van der Waals surface area contributed by atoms with Gasteiger partial charge in [-0.25, -0.2) is 29.4 Å². The summed E-state index contributed by atoms with van der Waals surface area (Å²) < 4.78 is 5.03. The summed E-state index contributed by atoms with van der Waals surface area (Å²) >= 11 is 0. The highest BCUT2D eigenvalue weighted by Gasteiger charge is 2.15. The van der Waals surface area contributed by atoms with Crippen molar-refractivity contribution in [2.24, 2.45) is 15.0 Å². The molecule has 2 amide bonds. The normalized spacial score (nSPS) is 13.9. The highest BCUT2D eigenvalue weighted by Crippen LogP contribution is 2.02. The number of guanidine groups is 1. The van der Waals surface area contributed by atoms with Crippen LogP contribution in [-0.2, 0) is 14.3 Å². The number of ether oxygens (including phenoxy) is 1. The van der Waals surface area contributed by atoms with Crippen molar-refractivity contribution in [1.82, 2.24) is 16.0 Å². The Morgan fingerprint density at radius 1 is 1.42 bits per heavy atom. The van der Waals surface area contributed by atoms with Gasteiger partial charge in [-0.05, 0) is 25.3 Å². The molecule has 0 spiro atoms. The van der Waals surface area contributed by atoms with Gasteiger partial charge in [-0.3, -0.25) is 10.6 Å². The lowest BCUT2D eigenvalue weighted by molar-refractivity contribution is 0.239. The summed E-state index contributed by atoms with van der Waals surface area (Å²) in [5.74, 6) is 0.767. The minimum Gasteiger partial charge on any atom is -0.482 e. The molecule has 0 aromatic heterocycles. The van der Waals surface area contributed by atoms with E-state index in [0.717, 1.165) is 0 Å². The largest absolute Gasteiger partial charge is 0.482 e. The van der Waals surface area contributed by atoms with Crippen LogP contribution in [0, 0.1) is 0 Å². The number of methoxy groups -OCH3 is 1. The van der Waals surface area contributed by atoms with Crippen molar-refractivity contribution in [2.45, 2.75) is 25.3 Å². The van der Waals surface area contributed by atoms with Crippen LogP contribution in [0.15, 0.2) is 26.9 Å². The second-order valence-electron chi connectivity index (χ2n) is 4.78. The summed E-state index contributed by atoms with van der Waals surface area (Å²) in [7, 11) is 1.50. The van der Waals surface area contributed by atoms with E-state index in [9.17, 15) is 14.4 Å². The van der Waals surface area contributed by atoms with Crippen LogP contribution in [0.4, 0.5) is 4.79 Å². The Morgan fingerprint density at radius 3 is 2.92 bits per heavy atom. The molecular weight excluding hydrogens is 316 g/mol. The topological polar surface area (TPSA) is 134 Å². The number of carbonyl (C=O) groups is 1. The van der Waals surface area contributed by atoms with Gasteiger partial charge in [0, 0.05) is 0 Å². The van der Waals surface area contributed by atoms with E-state index < -0.39 is 6.03 Å². The highest BCUT2D eigenvalue weighted by molar-refractivity contribution is 5.97. The number of nitrogens with one attached hydrogen (secondary N) is 3. The van der Waals surface area contributed by atoms with Crippen molar-refractivity contribution >= 4 is 24.2 Å². The molecular formula is C14H20N6O4. The SMILES string of the molecule is COC1=CCN=C(NC(=O)NC(CCCCN=C=O)CN=C=O)N1. The lowest BCUT2D eigenvalue weighted by Gasteiger charge is -2.19. The number of carbonyl (C=O) groups excluding carboxylic acids is 3. The van der Waals surface area contributed by atoms with Crippen molar-refractivity contribution in [3.05, 3.63) is 12.0 Å². The number of rotatable bonds is 9. The molecule has 0 aromatic carbocycles. The van der Waals surface area contributed by atoms with Crippen molar-refractivity contribution in [1.29, 1.82) is 0 Å². The molecule has 1 heterocycles. The van der Waals surface area contributed by atoms with Crippen molar-refractivity contribution < 1.29 is 19.1 Å². The van der Waals surface area contributed by atoms with Gasteiger partial charge in [0.2, 0.25) is 18.1 Å². The second-order valence-corrected chi connectivity index (χ2v) is 4.78. The van der Waals surface area contributed by atoms with E-state index in [1.54, 1.807) is 6.08 Å². The summed E-state index contributed by atoms with van der Waals surface area (Å²) in [6, 6.07) is -0.816. The quantitative estimate of drug-likeness (QED) is 0.308. The van der Waals surface area contributed by atoms with Gasteiger partial charge in [0.1, 0.15) is 0 Å². The van der Waals surface area contributed by atoms with Crippen molar-refractivity contribution in [3.8, 4) is 0 Å². The van der Waals surface area contributed by atoms with Gasteiger partial charge in [-0.2, -0.15) is 0 Å². The van der Waals surface area contributed by atoms with Crippen molar-refractivity contribution in [3.63, 3.8) is 0 Å². The first-order valence-corrected chi connectivity index (χ1v) is 7.40. The zero-order valence-corrected chi connectivity index (χ0v) is 13.4. The van der Waals surface area contributed by atoms with Gasteiger partial charge in [-0.15, -0.1) is 0 Å². The number of hydrogen-bond donors (Lipinski definition) is 3. The summed E-state index contributed by atoms with van der Waals surface area (Å²) in [4.78, 5) is 43.3. The molecule has 1 rings (SSSR count). The molecule has 1 atom stereocenters. The van der Waals surface area contributed by atoms with E-state index in [1.165, 1.54) is 19.3 Å². The van der Waals surface area contributed by atoms with Crippen LogP contribution in [-0.4, -0.2) is 56.9 Å². The van der Waals surface area contributed by atoms with E-state index in [4.69, 9.17) is 4.74 Å². The van der Waals surface area contributed by atoms with E-state index in [2.05, 4.69) is 30.9 Å². The van der Waals surface area contributed by atoms with Gasteiger partial charge >= 0.3 is 6.03 Å². The molecule has 0 bridgehead atoms. The Hall–Kier alpha value is -2.96. The Morgan fingerprint density at radius 2 is 2.21 bits per heavy atom. The van der Waals surface area contributed by atoms with E-state index in [0.29, 0.717) is 38.2 Å². The Bertz CT molecular complexity index is 576. The van der Waals surface area contributed by atoms with Gasteiger partial charge in [0.25, 0.3) is 0 Å². The summed E-state index contributed by atoms with van der Waals surface area (Å²) in [5.41, 5.74) is 0. The average molecular weight is 336 g/mol. The first-order chi connectivity index (χ1) is 11.7. The van der Waals surface area contributed by atoms with Crippen LogP contribution in [0.25, 0.3) is 0 Å². The zero-order chi connectivity index (χ0) is 17.6. The molecule has 1 aliphatic rings. The van der Waals surface area contributed by atoms with E-state index in [1.807, 2.05) is 0 Å². The highest BCUT2D eigenvalue weighted by atomic mass is 16.5. The molecule has 10 heteroatoms. The number of aliphatic imine (C=N–C) groups is 3. The number of isocyanates is 2. The molecule has 24 heavy (non-hydrogen) atoms. The van der Waals surface area contributed by atoms with Crippen LogP contribution in [0.5, 0.6) is 0 Å². The minimum atomic E-state index is -0.476. The van der Waals surface area contributed by atoms with Gasteiger partial charge < -0.3 is 10.1 Å². The number of unbranched alkanes of at least 4 members (excludes halogenated alkanes) is 1. The first kappa shape index (κ1) is 19.1. The van der Waals surface area contributed by atoms with Crippen LogP contribution < -0.4 is 16.0 Å². The van der Waals surface area contributed by atoms with Gasteiger partial charge in [0.15, 0.2) is 5.88 Å². The number of urea groups is 1. The van der Waals surface area contributed by atoms with Crippen molar-refractivity contribution in [2.75, 3.05) is 26.7 Å². The van der Waals surface area contributed by atoms with E-state index >= 15 is 0 Å². The molecule has 0 saturated carbocycles.